The Morgan fingerprint density at radius 3 is 3.05 bits per heavy atom. The fourth-order valence-corrected chi connectivity index (χ4v) is 2.76. The van der Waals surface area contributed by atoms with E-state index in [4.69, 9.17) is 9.84 Å². The molecule has 0 bridgehead atoms. The molecule has 1 aliphatic rings. The molecule has 1 N–H and O–H groups in total. The van der Waals surface area contributed by atoms with Crippen LogP contribution in [0, 0.1) is 6.92 Å². The lowest BCUT2D eigenvalue weighted by Crippen LogP contribution is -2.24. The zero-order valence-corrected chi connectivity index (χ0v) is 11.5. The molecule has 3 rings (SSSR count). The quantitative estimate of drug-likeness (QED) is 0.934. The third-order valence-corrected chi connectivity index (χ3v) is 3.85. The van der Waals surface area contributed by atoms with E-state index in [0.717, 1.165) is 42.9 Å². The summed E-state index contributed by atoms with van der Waals surface area (Å²) in [6, 6.07) is 5.06. The van der Waals surface area contributed by atoms with E-state index < -0.39 is 5.97 Å². The summed E-state index contributed by atoms with van der Waals surface area (Å²) in [5.74, 6) is -0.0112. The van der Waals surface area contributed by atoms with Crippen LogP contribution in [0.2, 0.25) is 0 Å². The summed E-state index contributed by atoms with van der Waals surface area (Å²) in [6.07, 6.45) is 3.57. The highest BCUT2D eigenvalue weighted by atomic mass is 16.5. The molecule has 0 radical (unpaired) electrons. The van der Waals surface area contributed by atoms with Gasteiger partial charge in [0.15, 0.2) is 0 Å². The second-order valence-electron chi connectivity index (χ2n) is 5.27. The summed E-state index contributed by atoms with van der Waals surface area (Å²) in [4.78, 5) is 15.6. The molecule has 20 heavy (non-hydrogen) atoms. The molecule has 0 aliphatic carbocycles. The van der Waals surface area contributed by atoms with Crippen LogP contribution in [-0.2, 0) is 11.3 Å². The van der Waals surface area contributed by atoms with Gasteiger partial charge in [-0.2, -0.15) is 0 Å². The van der Waals surface area contributed by atoms with Gasteiger partial charge in [0, 0.05) is 6.61 Å². The van der Waals surface area contributed by atoms with Crippen LogP contribution in [0.3, 0.4) is 0 Å². The molecule has 106 valence electrons. The topological polar surface area (TPSA) is 64.3 Å². The molecule has 5 heteroatoms. The van der Waals surface area contributed by atoms with Crippen molar-refractivity contribution >= 4 is 17.0 Å². The summed E-state index contributed by atoms with van der Waals surface area (Å²) >= 11 is 0. The molecule has 1 aromatic heterocycles. The monoisotopic (exact) mass is 274 g/mol. The number of aryl methyl sites for hydroxylation is 1. The minimum Gasteiger partial charge on any atom is -0.478 e. The zero-order valence-electron chi connectivity index (χ0n) is 11.5. The van der Waals surface area contributed by atoms with Crippen molar-refractivity contribution in [2.75, 3.05) is 6.61 Å². The van der Waals surface area contributed by atoms with Gasteiger partial charge in [0.05, 0.1) is 29.2 Å². The number of fused-ring (bicyclic) bond motifs is 1. The summed E-state index contributed by atoms with van der Waals surface area (Å²) in [5, 5.41) is 9.11. The lowest BCUT2D eigenvalue weighted by molar-refractivity contribution is 0.00631. The second kappa shape index (κ2) is 5.25. The molecule has 1 fully saturated rings. The number of nitrogens with zero attached hydrogens (tertiary/aromatic N) is 2. The molecule has 1 unspecified atom stereocenters. The molecule has 5 nitrogen and oxygen atoms in total. The van der Waals surface area contributed by atoms with Crippen molar-refractivity contribution < 1.29 is 14.6 Å². The maximum absolute atomic E-state index is 11.1. The predicted octanol–water partition coefficient (Wildman–Crippen LogP) is 2.61. The van der Waals surface area contributed by atoms with E-state index in [9.17, 15) is 4.79 Å². The second-order valence-corrected chi connectivity index (χ2v) is 5.27. The van der Waals surface area contributed by atoms with E-state index in [2.05, 4.69) is 9.55 Å². The van der Waals surface area contributed by atoms with Crippen molar-refractivity contribution in [3.63, 3.8) is 0 Å². The highest BCUT2D eigenvalue weighted by Crippen LogP contribution is 2.21. The van der Waals surface area contributed by atoms with Gasteiger partial charge in [-0.25, -0.2) is 9.78 Å². The van der Waals surface area contributed by atoms with Crippen LogP contribution in [0.5, 0.6) is 0 Å². The molecule has 1 aliphatic heterocycles. The Morgan fingerprint density at radius 1 is 1.50 bits per heavy atom. The van der Waals surface area contributed by atoms with Gasteiger partial charge in [-0.15, -0.1) is 0 Å². The molecular formula is C15H18N2O3. The van der Waals surface area contributed by atoms with Crippen LogP contribution in [0.25, 0.3) is 11.0 Å². The Labute approximate surface area is 117 Å². The normalized spacial score (nSPS) is 19.4. The molecular weight excluding hydrogens is 256 g/mol. The largest absolute Gasteiger partial charge is 0.478 e. The van der Waals surface area contributed by atoms with Crippen molar-refractivity contribution in [3.8, 4) is 0 Å². The molecule has 0 spiro atoms. The van der Waals surface area contributed by atoms with E-state index in [1.807, 2.05) is 6.92 Å². The number of benzene rings is 1. The molecule has 2 heterocycles. The SMILES string of the molecule is Cc1nc2ccc(C(=O)O)cc2n1CC1CCCCO1. The maximum atomic E-state index is 11.1. The van der Waals surface area contributed by atoms with Crippen LogP contribution < -0.4 is 0 Å². The van der Waals surface area contributed by atoms with Gasteiger partial charge in [-0.3, -0.25) is 0 Å². The first kappa shape index (κ1) is 13.1. The van der Waals surface area contributed by atoms with E-state index in [-0.39, 0.29) is 6.10 Å². The lowest BCUT2D eigenvalue weighted by atomic mass is 10.1. The highest BCUT2D eigenvalue weighted by Gasteiger charge is 2.18. The van der Waals surface area contributed by atoms with Crippen LogP contribution in [0.1, 0.15) is 35.4 Å². The highest BCUT2D eigenvalue weighted by molar-refractivity contribution is 5.92. The van der Waals surface area contributed by atoms with E-state index in [0.29, 0.717) is 5.56 Å². The van der Waals surface area contributed by atoms with Crippen LogP contribution in [-0.4, -0.2) is 33.3 Å². The van der Waals surface area contributed by atoms with Crippen LogP contribution in [0.15, 0.2) is 18.2 Å². The van der Waals surface area contributed by atoms with Gasteiger partial charge in [-0.1, -0.05) is 0 Å². The van der Waals surface area contributed by atoms with E-state index in [1.165, 1.54) is 6.42 Å². The van der Waals surface area contributed by atoms with Gasteiger partial charge in [0.2, 0.25) is 0 Å². The first-order valence-electron chi connectivity index (χ1n) is 6.97. The van der Waals surface area contributed by atoms with Gasteiger partial charge in [-0.05, 0) is 44.4 Å². The van der Waals surface area contributed by atoms with Crippen molar-refractivity contribution in [1.82, 2.24) is 9.55 Å². The smallest absolute Gasteiger partial charge is 0.335 e. The summed E-state index contributed by atoms with van der Waals surface area (Å²) in [7, 11) is 0. The number of carbonyl (C=O) groups is 1. The van der Waals surface area contributed by atoms with Crippen molar-refractivity contribution in [1.29, 1.82) is 0 Å². The van der Waals surface area contributed by atoms with Crippen LogP contribution in [0.4, 0.5) is 0 Å². The maximum Gasteiger partial charge on any atom is 0.335 e. The van der Waals surface area contributed by atoms with Gasteiger partial charge in [0.1, 0.15) is 5.82 Å². The summed E-state index contributed by atoms with van der Waals surface area (Å²) < 4.78 is 7.84. The van der Waals surface area contributed by atoms with Crippen molar-refractivity contribution in [3.05, 3.63) is 29.6 Å². The van der Waals surface area contributed by atoms with Crippen molar-refractivity contribution in [2.24, 2.45) is 0 Å². The molecule has 1 aromatic carbocycles. The standard InChI is InChI=1S/C15H18N2O3/c1-10-16-13-6-5-11(15(18)19)8-14(13)17(10)9-12-4-2-3-7-20-12/h5-6,8,12H,2-4,7,9H2,1H3,(H,18,19). The number of carboxylic acid groups (broad SMARTS) is 1. The number of carboxylic acids is 1. The Morgan fingerprint density at radius 2 is 2.35 bits per heavy atom. The third-order valence-electron chi connectivity index (χ3n) is 3.85. The zero-order chi connectivity index (χ0) is 14.1. The van der Waals surface area contributed by atoms with Crippen molar-refractivity contribution in [2.45, 2.75) is 38.8 Å². The van der Waals surface area contributed by atoms with Gasteiger partial charge < -0.3 is 14.4 Å². The van der Waals surface area contributed by atoms with Crippen LogP contribution >= 0.6 is 0 Å². The van der Waals surface area contributed by atoms with E-state index >= 15 is 0 Å². The number of rotatable bonds is 3. The number of imidazole rings is 1. The minimum atomic E-state index is -0.911. The molecule has 1 saturated heterocycles. The average Bonchev–Trinajstić information content (AvgIpc) is 2.75. The fraction of sp³-hybridized carbons (Fsp3) is 0.467. The first-order valence-corrected chi connectivity index (χ1v) is 6.97. The van der Waals surface area contributed by atoms with E-state index in [1.54, 1.807) is 18.2 Å². The molecule has 2 aromatic rings. The summed E-state index contributed by atoms with van der Waals surface area (Å²) in [6.45, 7) is 3.51. The number of hydrogen-bond acceptors (Lipinski definition) is 3. The third kappa shape index (κ3) is 2.41. The van der Waals surface area contributed by atoms with Gasteiger partial charge in [0.25, 0.3) is 0 Å². The number of aromatic nitrogens is 2. The fourth-order valence-electron chi connectivity index (χ4n) is 2.76. The Hall–Kier alpha value is -1.88. The molecule has 1 atom stereocenters. The predicted molar refractivity (Wildman–Crippen MR) is 75.0 cm³/mol. The molecule has 0 saturated carbocycles. The summed E-state index contributed by atoms with van der Waals surface area (Å²) in [5.41, 5.74) is 2.00. The lowest BCUT2D eigenvalue weighted by Gasteiger charge is -2.23. The first-order chi connectivity index (χ1) is 9.65. The van der Waals surface area contributed by atoms with Gasteiger partial charge >= 0.3 is 5.97 Å². The number of aromatic carboxylic acids is 1. The molecule has 0 amide bonds. The minimum absolute atomic E-state index is 0.202. The Bertz CT molecular complexity index is 642. The average molecular weight is 274 g/mol. The Kier molecular flexibility index (Phi) is 3.44. The number of hydrogen-bond donors (Lipinski definition) is 1. The Balaban J connectivity index is 1.97. The number of ether oxygens (including phenoxy) is 1.